The Balaban J connectivity index is 1.90. The minimum atomic E-state index is -1.10. The topological polar surface area (TPSA) is 128 Å². The van der Waals surface area contributed by atoms with E-state index in [9.17, 15) is 19.2 Å². The fourth-order valence-electron chi connectivity index (χ4n) is 2.97. The van der Waals surface area contributed by atoms with Gasteiger partial charge in [-0.15, -0.1) is 0 Å². The van der Waals surface area contributed by atoms with Crippen LogP contribution in [-0.4, -0.2) is 59.0 Å². The number of carboxylic acids is 1. The summed E-state index contributed by atoms with van der Waals surface area (Å²) in [6.07, 6.45) is 1.43. The van der Waals surface area contributed by atoms with Crippen LogP contribution in [0.1, 0.15) is 32.3 Å². The molecule has 1 aliphatic heterocycles. The molecule has 152 valence electrons. The molecular formula is C19H26N4O5. The van der Waals surface area contributed by atoms with Crippen molar-refractivity contribution >= 4 is 29.5 Å². The quantitative estimate of drug-likeness (QED) is 0.551. The SMILES string of the molecule is CC(C)NC(=O)N1CCC[C@H]1C(=O)Nc1ccc(CC(=O)NCC(=O)O)cc1. The average molecular weight is 390 g/mol. The molecule has 0 aliphatic carbocycles. The largest absolute Gasteiger partial charge is 0.480 e. The number of rotatable bonds is 7. The summed E-state index contributed by atoms with van der Waals surface area (Å²) in [6.45, 7) is 3.86. The molecule has 4 amide bonds. The molecule has 4 N–H and O–H groups in total. The van der Waals surface area contributed by atoms with Crippen LogP contribution in [0.5, 0.6) is 0 Å². The van der Waals surface area contributed by atoms with Crippen LogP contribution in [-0.2, 0) is 20.8 Å². The molecule has 9 nitrogen and oxygen atoms in total. The summed E-state index contributed by atoms with van der Waals surface area (Å²) in [4.78, 5) is 48.4. The van der Waals surface area contributed by atoms with Gasteiger partial charge in [-0.3, -0.25) is 14.4 Å². The number of carbonyl (C=O) groups is 4. The Morgan fingerprint density at radius 1 is 1.18 bits per heavy atom. The summed E-state index contributed by atoms with van der Waals surface area (Å²) < 4.78 is 0. The zero-order valence-corrected chi connectivity index (χ0v) is 16.0. The van der Waals surface area contributed by atoms with Crippen LogP contribution in [0.25, 0.3) is 0 Å². The first-order valence-electron chi connectivity index (χ1n) is 9.21. The van der Waals surface area contributed by atoms with Crippen molar-refractivity contribution in [2.24, 2.45) is 0 Å². The van der Waals surface area contributed by atoms with Crippen LogP contribution in [0.4, 0.5) is 10.5 Å². The lowest BCUT2D eigenvalue weighted by molar-refractivity contribution is -0.137. The first kappa shape index (κ1) is 21.2. The van der Waals surface area contributed by atoms with Crippen molar-refractivity contribution in [3.05, 3.63) is 29.8 Å². The molecule has 0 unspecified atom stereocenters. The summed E-state index contributed by atoms with van der Waals surface area (Å²) in [6, 6.07) is 5.96. The van der Waals surface area contributed by atoms with Gasteiger partial charge in [-0.2, -0.15) is 0 Å². The summed E-state index contributed by atoms with van der Waals surface area (Å²) in [5.74, 6) is -1.74. The Labute approximate surface area is 163 Å². The van der Waals surface area contributed by atoms with Gasteiger partial charge in [-0.1, -0.05) is 12.1 Å². The zero-order valence-electron chi connectivity index (χ0n) is 16.0. The number of anilines is 1. The van der Waals surface area contributed by atoms with Gasteiger partial charge in [0, 0.05) is 18.3 Å². The molecule has 1 aromatic carbocycles. The molecule has 0 spiro atoms. The fourth-order valence-corrected chi connectivity index (χ4v) is 2.97. The van der Waals surface area contributed by atoms with E-state index in [1.807, 2.05) is 13.8 Å². The van der Waals surface area contributed by atoms with Crippen LogP contribution in [0.2, 0.25) is 0 Å². The second-order valence-corrected chi connectivity index (χ2v) is 6.99. The zero-order chi connectivity index (χ0) is 20.7. The molecule has 1 aromatic rings. The lowest BCUT2D eigenvalue weighted by Gasteiger charge is -2.25. The van der Waals surface area contributed by atoms with Gasteiger partial charge in [0.25, 0.3) is 0 Å². The minimum absolute atomic E-state index is 0.00273. The Morgan fingerprint density at radius 3 is 2.46 bits per heavy atom. The van der Waals surface area contributed by atoms with E-state index in [4.69, 9.17) is 5.11 Å². The maximum atomic E-state index is 12.6. The number of likely N-dealkylation sites (tertiary alicyclic amines) is 1. The van der Waals surface area contributed by atoms with Gasteiger partial charge in [0.2, 0.25) is 11.8 Å². The fraction of sp³-hybridized carbons (Fsp3) is 0.474. The predicted octanol–water partition coefficient (Wildman–Crippen LogP) is 0.951. The van der Waals surface area contributed by atoms with E-state index in [-0.39, 0.29) is 24.4 Å². The number of amides is 4. The highest BCUT2D eigenvalue weighted by Crippen LogP contribution is 2.20. The van der Waals surface area contributed by atoms with Crippen LogP contribution in [0, 0.1) is 0 Å². The number of aliphatic carboxylic acids is 1. The van der Waals surface area contributed by atoms with Crippen molar-refractivity contribution in [2.75, 3.05) is 18.4 Å². The number of hydrogen-bond acceptors (Lipinski definition) is 4. The van der Waals surface area contributed by atoms with E-state index in [0.29, 0.717) is 24.2 Å². The van der Waals surface area contributed by atoms with E-state index >= 15 is 0 Å². The first-order valence-corrected chi connectivity index (χ1v) is 9.21. The summed E-state index contributed by atoms with van der Waals surface area (Å²) in [5, 5.41) is 16.5. The molecule has 1 aliphatic rings. The van der Waals surface area contributed by atoms with Crippen LogP contribution in [0.3, 0.4) is 0 Å². The van der Waals surface area contributed by atoms with E-state index in [1.54, 1.807) is 29.2 Å². The minimum Gasteiger partial charge on any atom is -0.480 e. The van der Waals surface area contributed by atoms with Crippen molar-refractivity contribution in [3.8, 4) is 0 Å². The molecule has 2 rings (SSSR count). The molecule has 28 heavy (non-hydrogen) atoms. The van der Waals surface area contributed by atoms with Gasteiger partial charge in [0.15, 0.2) is 0 Å². The van der Waals surface area contributed by atoms with E-state index in [2.05, 4.69) is 16.0 Å². The molecule has 1 heterocycles. The number of nitrogens with one attached hydrogen (secondary N) is 3. The third-order valence-corrected chi connectivity index (χ3v) is 4.25. The molecule has 1 fully saturated rings. The molecule has 0 aromatic heterocycles. The van der Waals surface area contributed by atoms with E-state index < -0.39 is 24.5 Å². The van der Waals surface area contributed by atoms with E-state index in [0.717, 1.165) is 6.42 Å². The van der Waals surface area contributed by atoms with Gasteiger partial charge < -0.3 is 26.0 Å². The van der Waals surface area contributed by atoms with Crippen molar-refractivity contribution < 1.29 is 24.3 Å². The maximum absolute atomic E-state index is 12.6. The molecular weight excluding hydrogens is 364 g/mol. The Kier molecular flexibility index (Phi) is 7.36. The van der Waals surface area contributed by atoms with Crippen LogP contribution in [0.15, 0.2) is 24.3 Å². The monoisotopic (exact) mass is 390 g/mol. The Morgan fingerprint density at radius 2 is 1.86 bits per heavy atom. The number of benzene rings is 1. The highest BCUT2D eigenvalue weighted by Gasteiger charge is 2.34. The van der Waals surface area contributed by atoms with Gasteiger partial charge in [-0.05, 0) is 44.4 Å². The van der Waals surface area contributed by atoms with Gasteiger partial charge in [-0.25, -0.2) is 4.79 Å². The highest BCUT2D eigenvalue weighted by molar-refractivity contribution is 5.97. The Bertz CT molecular complexity index is 732. The average Bonchev–Trinajstić information content (AvgIpc) is 3.11. The standard InChI is InChI=1S/C19H26N4O5/c1-12(2)21-19(28)23-9-3-4-15(23)18(27)22-14-7-5-13(6-8-14)10-16(24)20-11-17(25)26/h5-8,12,15H,3-4,9-11H2,1-2H3,(H,20,24)(H,21,28)(H,22,27)(H,25,26)/t15-/m0/s1. The van der Waals surface area contributed by atoms with Gasteiger partial charge >= 0.3 is 12.0 Å². The molecule has 1 atom stereocenters. The van der Waals surface area contributed by atoms with Crippen molar-refractivity contribution in [2.45, 2.75) is 45.2 Å². The summed E-state index contributed by atoms with van der Waals surface area (Å²) >= 11 is 0. The first-order chi connectivity index (χ1) is 13.3. The normalized spacial score (nSPS) is 16.0. The number of urea groups is 1. The molecule has 0 saturated carbocycles. The third kappa shape index (κ3) is 6.26. The van der Waals surface area contributed by atoms with Crippen LogP contribution >= 0.6 is 0 Å². The van der Waals surface area contributed by atoms with Crippen molar-refractivity contribution in [1.82, 2.24) is 15.5 Å². The number of nitrogens with zero attached hydrogens (tertiary/aromatic N) is 1. The lowest BCUT2D eigenvalue weighted by Crippen LogP contribution is -2.49. The summed E-state index contributed by atoms with van der Waals surface area (Å²) in [5.41, 5.74) is 1.26. The Hall–Kier alpha value is -3.10. The second-order valence-electron chi connectivity index (χ2n) is 6.99. The molecule has 0 radical (unpaired) electrons. The molecule has 9 heteroatoms. The smallest absolute Gasteiger partial charge is 0.322 e. The van der Waals surface area contributed by atoms with E-state index in [1.165, 1.54) is 0 Å². The number of carboxylic acid groups (broad SMARTS) is 1. The number of carbonyl (C=O) groups excluding carboxylic acids is 3. The number of hydrogen-bond donors (Lipinski definition) is 4. The van der Waals surface area contributed by atoms with Gasteiger partial charge in [0.05, 0.1) is 6.42 Å². The molecule has 0 bridgehead atoms. The second kappa shape index (κ2) is 9.72. The summed E-state index contributed by atoms with van der Waals surface area (Å²) in [7, 11) is 0. The lowest BCUT2D eigenvalue weighted by atomic mass is 10.1. The highest BCUT2D eigenvalue weighted by atomic mass is 16.4. The third-order valence-electron chi connectivity index (χ3n) is 4.25. The van der Waals surface area contributed by atoms with Crippen molar-refractivity contribution in [1.29, 1.82) is 0 Å². The van der Waals surface area contributed by atoms with Gasteiger partial charge in [0.1, 0.15) is 12.6 Å². The van der Waals surface area contributed by atoms with Crippen LogP contribution < -0.4 is 16.0 Å². The maximum Gasteiger partial charge on any atom is 0.322 e. The van der Waals surface area contributed by atoms with Crippen molar-refractivity contribution in [3.63, 3.8) is 0 Å². The molecule has 1 saturated heterocycles. The predicted molar refractivity (Wildman–Crippen MR) is 103 cm³/mol.